The second-order valence-corrected chi connectivity index (χ2v) is 7.60. The minimum absolute atomic E-state index is 0.275. The van der Waals surface area contributed by atoms with Crippen molar-refractivity contribution in [1.29, 1.82) is 0 Å². The molecule has 1 atom stereocenters. The lowest BCUT2D eigenvalue weighted by Crippen LogP contribution is -2.10. The first kappa shape index (κ1) is 13.7. The van der Waals surface area contributed by atoms with Gasteiger partial charge in [0.05, 0.1) is 11.2 Å². The molecule has 7 rings (SSSR count). The Morgan fingerprint density at radius 3 is 2.63 bits per heavy atom. The van der Waals surface area contributed by atoms with E-state index < -0.39 is 0 Å². The molecule has 3 heteroatoms. The fourth-order valence-corrected chi connectivity index (χ4v) is 5.23. The third kappa shape index (κ3) is 1.50. The van der Waals surface area contributed by atoms with Crippen LogP contribution in [-0.2, 0) is 0 Å². The first-order valence-electron chi connectivity index (χ1n) is 9.35. The van der Waals surface area contributed by atoms with Crippen LogP contribution in [-0.4, -0.2) is 4.57 Å². The van der Waals surface area contributed by atoms with Crippen molar-refractivity contribution in [3.05, 3.63) is 83.2 Å². The number of hydrogen-bond donors (Lipinski definition) is 1. The van der Waals surface area contributed by atoms with Gasteiger partial charge in [0, 0.05) is 39.0 Å². The zero-order valence-corrected chi connectivity index (χ0v) is 14.6. The van der Waals surface area contributed by atoms with Gasteiger partial charge in [-0.1, -0.05) is 36.4 Å². The summed E-state index contributed by atoms with van der Waals surface area (Å²) in [6.07, 6.45) is 3.02. The van der Waals surface area contributed by atoms with Gasteiger partial charge in [-0.2, -0.15) is 0 Å². The average Bonchev–Trinajstić information content (AvgIpc) is 3.32. The molecule has 1 aliphatic heterocycles. The first-order valence-corrected chi connectivity index (χ1v) is 9.35. The second-order valence-electron chi connectivity index (χ2n) is 7.60. The quantitative estimate of drug-likeness (QED) is 0.391. The van der Waals surface area contributed by atoms with Crippen molar-refractivity contribution in [2.45, 2.75) is 12.3 Å². The lowest BCUT2D eigenvalue weighted by Gasteiger charge is -2.19. The van der Waals surface area contributed by atoms with Crippen molar-refractivity contribution in [2.75, 3.05) is 0 Å². The number of fused-ring (bicyclic) bond motifs is 10. The molecule has 0 saturated heterocycles. The van der Waals surface area contributed by atoms with Crippen LogP contribution in [0.1, 0.15) is 29.2 Å². The number of para-hydroxylation sites is 2. The van der Waals surface area contributed by atoms with E-state index in [1.165, 1.54) is 44.2 Å². The molecule has 0 amide bonds. The number of benzene rings is 3. The number of nitrogens with two attached hydrogens (primary N) is 1. The average molecular weight is 348 g/mol. The van der Waals surface area contributed by atoms with Gasteiger partial charge in [0.25, 0.3) is 0 Å². The van der Waals surface area contributed by atoms with Gasteiger partial charge >= 0.3 is 0 Å². The molecule has 5 aromatic rings. The van der Waals surface area contributed by atoms with Crippen LogP contribution in [0.5, 0.6) is 0 Å². The van der Waals surface area contributed by atoms with Crippen molar-refractivity contribution in [2.24, 2.45) is 5.73 Å². The number of hydrogen-bond acceptors (Lipinski definition) is 2. The number of nitrogens with zero attached hydrogens (tertiary/aromatic N) is 1. The van der Waals surface area contributed by atoms with E-state index in [0.29, 0.717) is 0 Å². The lowest BCUT2D eigenvalue weighted by molar-refractivity contribution is 0.668. The van der Waals surface area contributed by atoms with Crippen molar-refractivity contribution in [3.63, 3.8) is 0 Å². The summed E-state index contributed by atoms with van der Waals surface area (Å²) in [5.41, 5.74) is 15.8. The van der Waals surface area contributed by atoms with E-state index in [9.17, 15) is 0 Å². The van der Waals surface area contributed by atoms with Gasteiger partial charge in [0.2, 0.25) is 0 Å². The fraction of sp³-hybridized carbons (Fsp3) is 0.0833. The molecule has 0 bridgehead atoms. The predicted octanol–water partition coefficient (Wildman–Crippen LogP) is 5.68. The highest BCUT2D eigenvalue weighted by molar-refractivity contribution is 6.10. The van der Waals surface area contributed by atoms with Gasteiger partial charge in [0.15, 0.2) is 0 Å². The Morgan fingerprint density at radius 1 is 0.889 bits per heavy atom. The van der Waals surface area contributed by atoms with Crippen LogP contribution < -0.4 is 5.73 Å². The molecule has 3 heterocycles. The molecule has 1 aliphatic carbocycles. The van der Waals surface area contributed by atoms with Crippen LogP contribution in [0.15, 0.2) is 70.8 Å². The molecule has 0 spiro atoms. The third-order valence-corrected chi connectivity index (χ3v) is 6.20. The summed E-state index contributed by atoms with van der Waals surface area (Å²) in [6.45, 7) is 0. The number of aromatic nitrogens is 1. The summed E-state index contributed by atoms with van der Waals surface area (Å²) in [7, 11) is 0. The Hall–Kier alpha value is -3.46. The normalized spacial score (nSPS) is 17.5. The molecule has 3 aromatic carbocycles. The molecular weight excluding hydrogens is 332 g/mol. The van der Waals surface area contributed by atoms with E-state index >= 15 is 0 Å². The smallest absolute Gasteiger partial charge is 0.135 e. The van der Waals surface area contributed by atoms with Crippen LogP contribution in [0.25, 0.3) is 44.6 Å². The Kier molecular flexibility index (Phi) is 2.25. The Balaban J connectivity index is 1.72. The summed E-state index contributed by atoms with van der Waals surface area (Å²) in [5.74, 6) is 0.275. The van der Waals surface area contributed by atoms with Gasteiger partial charge in [-0.15, -0.1) is 0 Å². The maximum absolute atomic E-state index is 6.41. The van der Waals surface area contributed by atoms with Gasteiger partial charge in [-0.05, 0) is 42.3 Å². The maximum Gasteiger partial charge on any atom is 0.135 e. The minimum atomic E-state index is 0.275. The Labute approximate surface area is 155 Å². The predicted molar refractivity (Wildman–Crippen MR) is 109 cm³/mol. The minimum Gasteiger partial charge on any atom is -0.456 e. The number of rotatable bonds is 0. The van der Waals surface area contributed by atoms with Crippen LogP contribution in [0, 0.1) is 0 Å². The molecule has 0 radical (unpaired) electrons. The van der Waals surface area contributed by atoms with E-state index in [4.69, 9.17) is 10.2 Å². The van der Waals surface area contributed by atoms with Crippen molar-refractivity contribution in [1.82, 2.24) is 4.57 Å². The molecule has 2 N–H and O–H groups in total. The number of furan rings is 1. The van der Waals surface area contributed by atoms with Crippen molar-refractivity contribution < 1.29 is 4.42 Å². The van der Waals surface area contributed by atoms with Crippen LogP contribution in [0.4, 0.5) is 0 Å². The monoisotopic (exact) mass is 348 g/mol. The molecule has 2 aliphatic rings. The van der Waals surface area contributed by atoms with E-state index in [0.717, 1.165) is 23.3 Å². The standard InChI is InChI=1S/C24H16N2O/c25-13-11-16-14-5-1-3-7-18(14)26-19-9-10-21-23(22(19)17(12-13)24(16)26)15-6-2-4-8-20(15)27-21/h1-11,17H,12,25H2. The molecule has 2 aromatic heterocycles. The second kappa shape index (κ2) is 4.44. The first-order chi connectivity index (χ1) is 13.3. The van der Waals surface area contributed by atoms with Crippen LogP contribution in [0.2, 0.25) is 0 Å². The Morgan fingerprint density at radius 2 is 1.70 bits per heavy atom. The zero-order chi connectivity index (χ0) is 17.7. The molecule has 1 unspecified atom stereocenters. The van der Waals surface area contributed by atoms with E-state index in [2.05, 4.69) is 59.2 Å². The summed E-state index contributed by atoms with van der Waals surface area (Å²) < 4.78 is 8.59. The highest BCUT2D eigenvalue weighted by Crippen LogP contribution is 2.53. The highest BCUT2D eigenvalue weighted by Gasteiger charge is 2.38. The maximum atomic E-state index is 6.41. The van der Waals surface area contributed by atoms with E-state index in [-0.39, 0.29) is 5.92 Å². The topological polar surface area (TPSA) is 44.1 Å². The highest BCUT2D eigenvalue weighted by atomic mass is 16.3. The molecule has 3 nitrogen and oxygen atoms in total. The largest absolute Gasteiger partial charge is 0.456 e. The number of allylic oxidation sites excluding steroid dienone is 1. The van der Waals surface area contributed by atoms with Crippen molar-refractivity contribution in [3.8, 4) is 5.69 Å². The van der Waals surface area contributed by atoms with Crippen molar-refractivity contribution >= 4 is 38.9 Å². The molecular formula is C24H16N2O. The van der Waals surface area contributed by atoms with Crippen LogP contribution >= 0.6 is 0 Å². The van der Waals surface area contributed by atoms with E-state index in [1.54, 1.807) is 0 Å². The molecule has 0 saturated carbocycles. The summed E-state index contributed by atoms with van der Waals surface area (Å²) in [4.78, 5) is 0. The SMILES string of the molecule is NC1=Cc2c3n(c4ccccc24)-c2ccc4oc5ccccc5c4c2C3C1. The third-order valence-electron chi connectivity index (χ3n) is 6.20. The van der Waals surface area contributed by atoms with Crippen LogP contribution in [0.3, 0.4) is 0 Å². The van der Waals surface area contributed by atoms with Gasteiger partial charge in [-0.25, -0.2) is 0 Å². The lowest BCUT2D eigenvalue weighted by atomic mass is 9.84. The molecule has 128 valence electrons. The fourth-order valence-electron chi connectivity index (χ4n) is 5.23. The molecule has 27 heavy (non-hydrogen) atoms. The summed E-state index contributed by atoms with van der Waals surface area (Å²) in [6, 6.07) is 21.3. The Bertz CT molecular complexity index is 1460. The summed E-state index contributed by atoms with van der Waals surface area (Å²) in [5, 5.41) is 3.71. The van der Waals surface area contributed by atoms with Gasteiger partial charge < -0.3 is 14.7 Å². The molecule has 0 fully saturated rings. The van der Waals surface area contributed by atoms with Gasteiger partial charge in [0.1, 0.15) is 11.2 Å². The summed E-state index contributed by atoms with van der Waals surface area (Å²) >= 11 is 0. The zero-order valence-electron chi connectivity index (χ0n) is 14.6. The van der Waals surface area contributed by atoms with E-state index in [1.807, 2.05) is 12.1 Å². The van der Waals surface area contributed by atoms with Gasteiger partial charge in [-0.3, -0.25) is 0 Å².